The summed E-state index contributed by atoms with van der Waals surface area (Å²) in [6, 6.07) is 0. The largest absolute Gasteiger partial charge is 0.297 e. The van der Waals surface area contributed by atoms with Gasteiger partial charge in [0.1, 0.15) is 4.90 Å². The van der Waals surface area contributed by atoms with Crippen LogP contribution < -0.4 is 0 Å². The van der Waals surface area contributed by atoms with E-state index in [4.69, 9.17) is 4.55 Å². The van der Waals surface area contributed by atoms with Gasteiger partial charge in [-0.1, -0.05) is 20.8 Å². The maximum atomic E-state index is 13.6. The van der Waals surface area contributed by atoms with Gasteiger partial charge in [-0.15, -0.1) is 0 Å². The molecule has 0 bridgehead atoms. The third-order valence-corrected chi connectivity index (χ3v) is 3.13. The third-order valence-electron chi connectivity index (χ3n) is 2.23. The van der Waals surface area contributed by atoms with Crippen LogP contribution in [0.1, 0.15) is 26.3 Å². The molecular weight excluding hydrogens is 276 g/mol. The van der Waals surface area contributed by atoms with E-state index >= 15 is 0 Å². The number of benzene rings is 1. The van der Waals surface area contributed by atoms with Crippen LogP contribution in [-0.4, -0.2) is 13.0 Å². The summed E-state index contributed by atoms with van der Waals surface area (Å²) < 4.78 is 83.9. The lowest BCUT2D eigenvalue weighted by atomic mass is 9.86. The van der Waals surface area contributed by atoms with E-state index in [0.717, 1.165) is 0 Å². The molecular formula is C10H10F4O3S. The fraction of sp³-hybridized carbons (Fsp3) is 0.400. The predicted molar refractivity (Wildman–Crippen MR) is 54.8 cm³/mol. The summed E-state index contributed by atoms with van der Waals surface area (Å²) in [4.78, 5) is -1.58. The lowest BCUT2D eigenvalue weighted by molar-refractivity contribution is 0.368. The SMILES string of the molecule is CC(C)(C)c1c(F)c(F)c(F)c(F)c1S(=O)(=O)O. The molecule has 1 aromatic rings. The van der Waals surface area contributed by atoms with E-state index in [9.17, 15) is 26.0 Å². The summed E-state index contributed by atoms with van der Waals surface area (Å²) in [5.41, 5.74) is -2.30. The minimum Gasteiger partial charge on any atom is -0.282 e. The minimum absolute atomic E-state index is 0.943. The van der Waals surface area contributed by atoms with Crippen molar-refractivity contribution in [3.05, 3.63) is 28.8 Å². The Morgan fingerprint density at radius 3 is 1.61 bits per heavy atom. The topological polar surface area (TPSA) is 54.4 Å². The summed E-state index contributed by atoms with van der Waals surface area (Å²) in [7, 11) is -5.23. The van der Waals surface area contributed by atoms with Gasteiger partial charge in [-0.3, -0.25) is 4.55 Å². The second-order valence-electron chi connectivity index (χ2n) is 4.69. The lowest BCUT2D eigenvalue weighted by Gasteiger charge is -2.23. The Bertz CT molecular complexity index is 603. The van der Waals surface area contributed by atoms with Gasteiger partial charge in [0, 0.05) is 5.56 Å². The highest BCUT2D eigenvalue weighted by Gasteiger charge is 2.36. The Hall–Kier alpha value is -1.15. The Morgan fingerprint density at radius 2 is 1.28 bits per heavy atom. The average molecular weight is 286 g/mol. The number of rotatable bonds is 1. The molecule has 1 rings (SSSR count). The van der Waals surface area contributed by atoms with E-state index in [0.29, 0.717) is 0 Å². The Labute approximate surface area is 101 Å². The quantitative estimate of drug-likeness (QED) is 0.374. The molecule has 0 atom stereocenters. The Kier molecular flexibility index (Phi) is 3.48. The smallest absolute Gasteiger partial charge is 0.282 e. The molecule has 0 aliphatic heterocycles. The van der Waals surface area contributed by atoms with Crippen molar-refractivity contribution in [1.82, 2.24) is 0 Å². The zero-order valence-electron chi connectivity index (χ0n) is 9.68. The number of hydrogen-bond acceptors (Lipinski definition) is 2. The van der Waals surface area contributed by atoms with Crippen LogP contribution in [-0.2, 0) is 15.5 Å². The fourth-order valence-corrected chi connectivity index (χ4v) is 2.49. The maximum Gasteiger partial charge on any atom is 0.297 e. The highest BCUT2D eigenvalue weighted by Crippen LogP contribution is 2.35. The van der Waals surface area contributed by atoms with Crippen molar-refractivity contribution < 1.29 is 30.5 Å². The molecule has 0 aliphatic carbocycles. The molecule has 0 aromatic heterocycles. The van der Waals surface area contributed by atoms with E-state index < -0.39 is 49.3 Å². The van der Waals surface area contributed by atoms with Crippen molar-refractivity contribution in [2.24, 2.45) is 0 Å². The maximum absolute atomic E-state index is 13.6. The zero-order chi connectivity index (χ0) is 14.5. The first-order valence-electron chi connectivity index (χ1n) is 4.73. The molecule has 0 saturated carbocycles. The summed E-state index contributed by atoms with van der Waals surface area (Å²) in [5, 5.41) is 0. The zero-order valence-corrected chi connectivity index (χ0v) is 10.5. The van der Waals surface area contributed by atoms with Gasteiger partial charge in [0.2, 0.25) is 0 Å². The van der Waals surface area contributed by atoms with Gasteiger partial charge >= 0.3 is 0 Å². The molecule has 0 fully saturated rings. The lowest BCUT2D eigenvalue weighted by Crippen LogP contribution is -2.23. The van der Waals surface area contributed by atoms with Gasteiger partial charge in [0.05, 0.1) is 0 Å². The van der Waals surface area contributed by atoms with Crippen molar-refractivity contribution in [1.29, 1.82) is 0 Å². The normalized spacial score (nSPS) is 12.9. The highest BCUT2D eigenvalue weighted by atomic mass is 32.2. The summed E-state index contributed by atoms with van der Waals surface area (Å²) in [5.74, 6) is -8.38. The van der Waals surface area contributed by atoms with Crippen LogP contribution in [0.15, 0.2) is 4.90 Å². The molecule has 8 heteroatoms. The van der Waals surface area contributed by atoms with Gasteiger partial charge < -0.3 is 0 Å². The predicted octanol–water partition coefficient (Wildman–Crippen LogP) is 2.79. The van der Waals surface area contributed by atoms with Crippen LogP contribution >= 0.6 is 0 Å². The van der Waals surface area contributed by atoms with E-state index in [1.165, 1.54) is 20.8 Å². The molecule has 3 nitrogen and oxygen atoms in total. The van der Waals surface area contributed by atoms with Gasteiger partial charge in [-0.05, 0) is 5.41 Å². The molecule has 1 N–H and O–H groups in total. The van der Waals surface area contributed by atoms with E-state index in [1.54, 1.807) is 0 Å². The van der Waals surface area contributed by atoms with Gasteiger partial charge in [0.25, 0.3) is 10.1 Å². The van der Waals surface area contributed by atoms with Crippen molar-refractivity contribution >= 4 is 10.1 Å². The van der Waals surface area contributed by atoms with E-state index in [-0.39, 0.29) is 0 Å². The standard InChI is InChI=1S/C10H10F4O3S/c1-10(2,3)4-5(11)6(12)7(13)8(14)9(4)18(15,16)17/h1-3H3,(H,15,16,17). The van der Waals surface area contributed by atoms with Crippen LogP contribution in [0.5, 0.6) is 0 Å². The first-order chi connectivity index (χ1) is 7.89. The molecule has 102 valence electrons. The van der Waals surface area contributed by atoms with Crippen molar-refractivity contribution in [2.75, 3.05) is 0 Å². The van der Waals surface area contributed by atoms with Crippen LogP contribution in [0.4, 0.5) is 17.6 Å². The Balaban J connectivity index is 4.02. The molecule has 0 saturated heterocycles. The van der Waals surface area contributed by atoms with Crippen molar-refractivity contribution in [3.63, 3.8) is 0 Å². The van der Waals surface area contributed by atoms with E-state index in [1.807, 2.05) is 0 Å². The third kappa shape index (κ3) is 2.35. The average Bonchev–Trinajstić information content (AvgIpc) is 2.16. The molecule has 0 unspecified atom stereocenters. The molecule has 0 heterocycles. The summed E-state index contributed by atoms with van der Waals surface area (Å²) >= 11 is 0. The first-order valence-corrected chi connectivity index (χ1v) is 6.17. The van der Waals surface area contributed by atoms with Crippen molar-refractivity contribution in [2.45, 2.75) is 31.1 Å². The number of halogens is 4. The van der Waals surface area contributed by atoms with Gasteiger partial charge in [0.15, 0.2) is 23.3 Å². The molecule has 0 aliphatic rings. The monoisotopic (exact) mass is 286 g/mol. The van der Waals surface area contributed by atoms with Gasteiger partial charge in [-0.2, -0.15) is 8.42 Å². The molecule has 0 radical (unpaired) electrons. The molecule has 18 heavy (non-hydrogen) atoms. The van der Waals surface area contributed by atoms with E-state index in [2.05, 4.69) is 0 Å². The summed E-state index contributed by atoms with van der Waals surface area (Å²) in [6.45, 7) is 3.78. The van der Waals surface area contributed by atoms with Crippen LogP contribution in [0.3, 0.4) is 0 Å². The first kappa shape index (κ1) is 14.9. The van der Waals surface area contributed by atoms with Crippen LogP contribution in [0.25, 0.3) is 0 Å². The second-order valence-corrected chi connectivity index (χ2v) is 6.04. The van der Waals surface area contributed by atoms with Gasteiger partial charge in [-0.25, -0.2) is 17.6 Å². The Morgan fingerprint density at radius 1 is 0.889 bits per heavy atom. The molecule has 1 aromatic carbocycles. The molecule has 0 spiro atoms. The minimum atomic E-state index is -5.23. The second kappa shape index (κ2) is 4.20. The molecule has 0 amide bonds. The van der Waals surface area contributed by atoms with Crippen molar-refractivity contribution in [3.8, 4) is 0 Å². The fourth-order valence-electron chi connectivity index (χ4n) is 1.52. The summed E-state index contributed by atoms with van der Waals surface area (Å²) in [6.07, 6.45) is 0. The van der Waals surface area contributed by atoms with Crippen LogP contribution in [0, 0.1) is 23.3 Å². The highest BCUT2D eigenvalue weighted by molar-refractivity contribution is 7.85. The van der Waals surface area contributed by atoms with Crippen LogP contribution in [0.2, 0.25) is 0 Å². The number of hydrogen-bond donors (Lipinski definition) is 1.